The number of H-pyrrole nitrogens is 2. The molecule has 0 aliphatic carbocycles. The maximum absolute atomic E-state index is 12.3. The van der Waals surface area contributed by atoms with Gasteiger partial charge in [0.15, 0.2) is 0 Å². The second-order valence-corrected chi connectivity index (χ2v) is 6.31. The van der Waals surface area contributed by atoms with Crippen LogP contribution in [0.3, 0.4) is 0 Å². The van der Waals surface area contributed by atoms with E-state index in [0.717, 1.165) is 16.7 Å². The molecule has 2 N–H and O–H groups in total. The lowest BCUT2D eigenvalue weighted by molar-refractivity contribution is -0.141. The fraction of sp³-hybridized carbons (Fsp3) is 0.0952. The van der Waals surface area contributed by atoms with Gasteiger partial charge in [0, 0.05) is 0 Å². The highest BCUT2D eigenvalue weighted by molar-refractivity contribution is 7.81. The van der Waals surface area contributed by atoms with Crippen LogP contribution in [0.1, 0.15) is 16.7 Å². The summed E-state index contributed by atoms with van der Waals surface area (Å²) in [5.74, 6) is -0.366. The van der Waals surface area contributed by atoms with E-state index in [4.69, 9.17) is 4.74 Å². The number of rotatable bonds is 5. The topological polar surface area (TPSA) is 92.0 Å². The van der Waals surface area contributed by atoms with Crippen molar-refractivity contribution in [1.82, 2.24) is 9.97 Å². The Morgan fingerprint density at radius 1 is 0.857 bits per heavy atom. The highest BCUT2D eigenvalue weighted by Crippen LogP contribution is 2.06. The van der Waals surface area contributed by atoms with Crippen molar-refractivity contribution < 1.29 is 9.53 Å². The zero-order chi connectivity index (χ0) is 19.9. The summed E-state index contributed by atoms with van der Waals surface area (Å²) < 4.78 is 5.00. The van der Waals surface area contributed by atoms with Gasteiger partial charge in [-0.1, -0.05) is 54.6 Å². The van der Waals surface area contributed by atoms with Crippen molar-refractivity contribution in [3.05, 3.63) is 103 Å². The largest absolute Gasteiger partial charge is 0.460 e. The predicted molar refractivity (Wildman–Crippen MR) is 111 cm³/mol. The number of carbonyl (C=O) groups excluding carboxylic acids is 1. The molecule has 28 heavy (non-hydrogen) atoms. The minimum atomic E-state index is -0.395. The molecule has 7 heteroatoms. The Morgan fingerprint density at radius 3 is 1.93 bits per heavy atom. The van der Waals surface area contributed by atoms with Crippen LogP contribution in [0.2, 0.25) is 0 Å². The SMILES string of the molecule is O=C(CS)OCc1ccc(C=c2[nH]c(=O)c(=Cc3ccccc3)[nH]c2=O)cc1. The standard InChI is InChI=1S/C21H18N2O4S/c24-19(13-28)27-12-16-8-6-15(7-9-16)11-18-21(26)22-17(20(25)23-18)10-14-4-2-1-3-5-14/h1-11,28H,12-13H2,(H,22,26)(H,23,25). The molecule has 1 aromatic heterocycles. The molecule has 0 saturated heterocycles. The first-order chi connectivity index (χ1) is 13.5. The molecule has 0 aliphatic heterocycles. The number of nitrogens with one attached hydrogen (secondary N) is 2. The van der Waals surface area contributed by atoms with Crippen molar-refractivity contribution >= 4 is 30.8 Å². The Morgan fingerprint density at radius 2 is 1.39 bits per heavy atom. The van der Waals surface area contributed by atoms with Gasteiger partial charge in [-0.3, -0.25) is 14.4 Å². The second-order valence-electron chi connectivity index (χ2n) is 6.00. The van der Waals surface area contributed by atoms with Crippen molar-refractivity contribution in [2.75, 3.05) is 5.75 Å². The average molecular weight is 394 g/mol. The molecule has 3 aromatic rings. The summed E-state index contributed by atoms with van der Waals surface area (Å²) in [6.45, 7) is 0.154. The number of aromatic nitrogens is 2. The number of esters is 1. The molecule has 0 radical (unpaired) electrons. The van der Waals surface area contributed by atoms with E-state index in [-0.39, 0.29) is 28.6 Å². The third kappa shape index (κ3) is 5.11. The van der Waals surface area contributed by atoms with Gasteiger partial charge in [-0.05, 0) is 28.8 Å². The van der Waals surface area contributed by atoms with Crippen LogP contribution in [0.15, 0.2) is 64.2 Å². The van der Waals surface area contributed by atoms with Gasteiger partial charge in [0.25, 0.3) is 11.1 Å². The minimum Gasteiger partial charge on any atom is -0.460 e. The summed E-state index contributed by atoms with van der Waals surface area (Å²) in [4.78, 5) is 41.0. The van der Waals surface area contributed by atoms with Crippen LogP contribution >= 0.6 is 12.6 Å². The van der Waals surface area contributed by atoms with Crippen LogP contribution < -0.4 is 21.8 Å². The van der Waals surface area contributed by atoms with Crippen LogP contribution in [0.25, 0.3) is 12.2 Å². The number of hydrogen-bond donors (Lipinski definition) is 3. The summed E-state index contributed by atoms with van der Waals surface area (Å²) in [5.41, 5.74) is 1.57. The number of carbonyl (C=O) groups is 1. The van der Waals surface area contributed by atoms with E-state index in [1.165, 1.54) is 0 Å². The molecule has 142 valence electrons. The zero-order valence-electron chi connectivity index (χ0n) is 14.8. The molecule has 3 rings (SSSR count). The molecule has 6 nitrogen and oxygen atoms in total. The van der Waals surface area contributed by atoms with Crippen molar-refractivity contribution in [1.29, 1.82) is 0 Å². The second kappa shape index (κ2) is 9.05. The molecule has 0 bridgehead atoms. The van der Waals surface area contributed by atoms with E-state index in [1.54, 1.807) is 36.4 Å². The van der Waals surface area contributed by atoms with E-state index in [1.807, 2.05) is 30.3 Å². The first-order valence-corrected chi connectivity index (χ1v) is 9.15. The van der Waals surface area contributed by atoms with E-state index in [0.29, 0.717) is 0 Å². The Hall–Kier alpha value is -3.32. The Balaban J connectivity index is 1.88. The Kier molecular flexibility index (Phi) is 6.29. The van der Waals surface area contributed by atoms with Gasteiger partial charge in [0.1, 0.15) is 17.3 Å². The maximum Gasteiger partial charge on any atom is 0.315 e. The monoisotopic (exact) mass is 394 g/mol. The lowest BCUT2D eigenvalue weighted by atomic mass is 10.1. The number of aromatic amines is 2. The number of ether oxygens (including phenoxy) is 1. The summed E-state index contributed by atoms with van der Waals surface area (Å²) >= 11 is 3.84. The van der Waals surface area contributed by atoms with Gasteiger partial charge in [0.05, 0.1) is 5.75 Å². The summed E-state index contributed by atoms with van der Waals surface area (Å²) in [5, 5.41) is 0.346. The number of benzene rings is 2. The molecule has 2 aromatic carbocycles. The summed E-state index contributed by atoms with van der Waals surface area (Å²) in [6, 6.07) is 16.4. The predicted octanol–water partition coefficient (Wildman–Crippen LogP) is 0.694. The number of hydrogen-bond acceptors (Lipinski definition) is 5. The van der Waals surface area contributed by atoms with E-state index in [2.05, 4.69) is 22.6 Å². The smallest absolute Gasteiger partial charge is 0.315 e. The van der Waals surface area contributed by atoms with Gasteiger partial charge >= 0.3 is 5.97 Å². The van der Waals surface area contributed by atoms with Crippen LogP contribution in [-0.4, -0.2) is 21.7 Å². The molecule has 0 amide bonds. The van der Waals surface area contributed by atoms with Gasteiger partial charge in [-0.15, -0.1) is 0 Å². The van der Waals surface area contributed by atoms with Gasteiger partial charge < -0.3 is 14.7 Å². The highest BCUT2D eigenvalue weighted by atomic mass is 32.1. The molecule has 0 aliphatic rings. The molecule has 1 heterocycles. The molecule has 0 saturated carbocycles. The lowest BCUT2D eigenvalue weighted by Crippen LogP contribution is -2.46. The van der Waals surface area contributed by atoms with Crippen LogP contribution in [0.5, 0.6) is 0 Å². The zero-order valence-corrected chi connectivity index (χ0v) is 15.7. The molecule has 0 fully saturated rings. The molecule has 0 unspecified atom stereocenters. The lowest BCUT2D eigenvalue weighted by Gasteiger charge is -2.03. The maximum atomic E-state index is 12.3. The average Bonchev–Trinajstić information content (AvgIpc) is 2.71. The van der Waals surface area contributed by atoms with Crippen LogP contribution in [0, 0.1) is 0 Å². The fourth-order valence-electron chi connectivity index (χ4n) is 2.50. The van der Waals surface area contributed by atoms with Crippen LogP contribution in [-0.2, 0) is 16.1 Å². The van der Waals surface area contributed by atoms with E-state index in [9.17, 15) is 14.4 Å². The van der Waals surface area contributed by atoms with Gasteiger partial charge in [-0.25, -0.2) is 0 Å². The Labute approximate surface area is 165 Å². The van der Waals surface area contributed by atoms with Crippen molar-refractivity contribution in [3.63, 3.8) is 0 Å². The van der Waals surface area contributed by atoms with Crippen LogP contribution in [0.4, 0.5) is 0 Å². The molecular formula is C21H18N2O4S. The van der Waals surface area contributed by atoms with Crippen molar-refractivity contribution in [2.45, 2.75) is 6.61 Å². The van der Waals surface area contributed by atoms with E-state index < -0.39 is 11.5 Å². The minimum absolute atomic E-state index is 0.0275. The highest BCUT2D eigenvalue weighted by Gasteiger charge is 2.01. The first-order valence-electron chi connectivity index (χ1n) is 8.52. The number of thiol groups is 1. The fourth-order valence-corrected chi connectivity index (χ4v) is 2.59. The third-order valence-electron chi connectivity index (χ3n) is 3.92. The first kappa shape index (κ1) is 19.4. The third-order valence-corrected chi connectivity index (χ3v) is 4.17. The molecular weight excluding hydrogens is 376 g/mol. The molecule has 0 spiro atoms. The van der Waals surface area contributed by atoms with E-state index >= 15 is 0 Å². The quantitative estimate of drug-likeness (QED) is 0.439. The van der Waals surface area contributed by atoms with Gasteiger partial charge in [-0.2, -0.15) is 12.6 Å². The van der Waals surface area contributed by atoms with Crippen molar-refractivity contribution in [3.8, 4) is 0 Å². The van der Waals surface area contributed by atoms with Crippen molar-refractivity contribution in [2.24, 2.45) is 0 Å². The Bertz CT molecular complexity index is 1200. The summed E-state index contributed by atoms with van der Waals surface area (Å²) in [6.07, 6.45) is 3.20. The normalized spacial score (nSPS) is 12.2. The van der Waals surface area contributed by atoms with Gasteiger partial charge in [0.2, 0.25) is 0 Å². The molecule has 0 atom stereocenters. The summed E-state index contributed by atoms with van der Waals surface area (Å²) in [7, 11) is 0.